The van der Waals surface area contributed by atoms with Gasteiger partial charge in [-0.15, -0.1) is 0 Å². The number of nitrogens with one attached hydrogen (secondary N) is 1. The molecule has 3 nitrogen and oxygen atoms in total. The Bertz CT molecular complexity index is 397. The van der Waals surface area contributed by atoms with E-state index >= 15 is 0 Å². The van der Waals surface area contributed by atoms with Crippen LogP contribution < -0.4 is 10.1 Å². The monoisotopic (exact) mass is 247 g/mol. The average molecular weight is 247 g/mol. The minimum absolute atomic E-state index is 0.342. The van der Waals surface area contributed by atoms with Crippen molar-refractivity contribution in [3.8, 4) is 5.75 Å². The minimum atomic E-state index is -0.342. The van der Waals surface area contributed by atoms with Crippen LogP contribution in [0.5, 0.6) is 5.75 Å². The first-order chi connectivity index (χ1) is 8.74. The number of rotatable bonds is 3. The van der Waals surface area contributed by atoms with E-state index in [1.165, 1.54) is 32.1 Å². The predicted octanol–water partition coefficient (Wildman–Crippen LogP) is 3.66. The summed E-state index contributed by atoms with van der Waals surface area (Å²) in [4.78, 5) is 11.6. The highest BCUT2D eigenvalue weighted by Gasteiger charge is 2.14. The maximum absolute atomic E-state index is 11.6. The maximum atomic E-state index is 11.6. The Morgan fingerprint density at radius 2 is 2.11 bits per heavy atom. The summed E-state index contributed by atoms with van der Waals surface area (Å²) in [6.07, 6.45) is 6.03. The molecule has 0 unspecified atom stereocenters. The maximum Gasteiger partial charge on any atom is 0.412 e. The second-order valence-electron chi connectivity index (χ2n) is 5.09. The summed E-state index contributed by atoms with van der Waals surface area (Å²) < 4.78 is 5.24. The number of carbonyl (C=O) groups is 1. The van der Waals surface area contributed by atoms with E-state index < -0.39 is 0 Å². The first-order valence-electron chi connectivity index (χ1n) is 6.76. The smallest absolute Gasteiger partial charge is 0.410 e. The summed E-state index contributed by atoms with van der Waals surface area (Å²) in [7, 11) is 0. The molecule has 1 fully saturated rings. The molecule has 3 heteroatoms. The van der Waals surface area contributed by atoms with Crippen molar-refractivity contribution in [1.29, 1.82) is 0 Å². The number of ether oxygens (including phenoxy) is 1. The zero-order valence-electron chi connectivity index (χ0n) is 10.9. The number of benzene rings is 1. The molecule has 1 aromatic rings. The van der Waals surface area contributed by atoms with Crippen molar-refractivity contribution in [2.75, 3.05) is 6.54 Å². The van der Waals surface area contributed by atoms with E-state index in [1.807, 2.05) is 25.1 Å². The van der Waals surface area contributed by atoms with Crippen molar-refractivity contribution in [3.05, 3.63) is 29.8 Å². The molecule has 1 aliphatic carbocycles. The van der Waals surface area contributed by atoms with Gasteiger partial charge in [-0.25, -0.2) is 4.79 Å². The Morgan fingerprint density at radius 3 is 2.83 bits per heavy atom. The Morgan fingerprint density at radius 1 is 1.33 bits per heavy atom. The van der Waals surface area contributed by atoms with Gasteiger partial charge in [0, 0.05) is 6.54 Å². The van der Waals surface area contributed by atoms with E-state index in [1.54, 1.807) is 6.07 Å². The van der Waals surface area contributed by atoms with Crippen molar-refractivity contribution in [2.24, 2.45) is 5.92 Å². The Balaban J connectivity index is 1.74. The van der Waals surface area contributed by atoms with Gasteiger partial charge >= 0.3 is 6.09 Å². The van der Waals surface area contributed by atoms with Gasteiger partial charge in [0.1, 0.15) is 5.75 Å². The van der Waals surface area contributed by atoms with Crippen LogP contribution in [0.25, 0.3) is 0 Å². The molecule has 0 heterocycles. The molecule has 1 amide bonds. The fraction of sp³-hybridized carbons (Fsp3) is 0.533. The molecule has 1 aromatic carbocycles. The number of hydrogen-bond acceptors (Lipinski definition) is 2. The Kier molecular flexibility index (Phi) is 4.62. The largest absolute Gasteiger partial charge is 0.412 e. The molecule has 1 N–H and O–H groups in total. The highest BCUT2D eigenvalue weighted by atomic mass is 16.6. The van der Waals surface area contributed by atoms with Crippen LogP contribution in [-0.2, 0) is 0 Å². The van der Waals surface area contributed by atoms with Gasteiger partial charge in [-0.2, -0.15) is 0 Å². The molecule has 0 aliphatic heterocycles. The molecule has 1 saturated carbocycles. The average Bonchev–Trinajstić information content (AvgIpc) is 2.38. The Hall–Kier alpha value is -1.51. The lowest BCUT2D eigenvalue weighted by Gasteiger charge is -2.21. The highest BCUT2D eigenvalue weighted by molar-refractivity contribution is 5.70. The van der Waals surface area contributed by atoms with Gasteiger partial charge in [-0.3, -0.25) is 0 Å². The summed E-state index contributed by atoms with van der Waals surface area (Å²) in [5, 5.41) is 2.86. The van der Waals surface area contributed by atoms with Crippen LogP contribution in [-0.4, -0.2) is 12.6 Å². The second kappa shape index (κ2) is 6.43. The van der Waals surface area contributed by atoms with E-state index in [9.17, 15) is 4.79 Å². The molecule has 1 aliphatic rings. The first-order valence-corrected chi connectivity index (χ1v) is 6.76. The quantitative estimate of drug-likeness (QED) is 0.885. The molecule has 18 heavy (non-hydrogen) atoms. The first kappa shape index (κ1) is 12.9. The molecular formula is C15H21NO2. The van der Waals surface area contributed by atoms with Gasteiger partial charge in [0.25, 0.3) is 0 Å². The van der Waals surface area contributed by atoms with Crippen molar-refractivity contribution < 1.29 is 9.53 Å². The summed E-state index contributed by atoms with van der Waals surface area (Å²) >= 11 is 0. The summed E-state index contributed by atoms with van der Waals surface area (Å²) in [6, 6.07) is 7.53. The SMILES string of the molecule is Cc1cccc(OC(=O)NCC2CCCCC2)c1. The third-order valence-corrected chi connectivity index (χ3v) is 3.46. The van der Waals surface area contributed by atoms with E-state index in [4.69, 9.17) is 4.74 Å². The molecule has 0 atom stereocenters. The standard InChI is InChI=1S/C15H21NO2/c1-12-6-5-9-14(10-12)18-15(17)16-11-13-7-3-2-4-8-13/h5-6,9-10,13H,2-4,7-8,11H2,1H3,(H,16,17). The number of carbonyl (C=O) groups excluding carboxylic acids is 1. The van der Waals surface area contributed by atoms with Crippen LogP contribution in [0, 0.1) is 12.8 Å². The fourth-order valence-corrected chi connectivity index (χ4v) is 2.44. The minimum Gasteiger partial charge on any atom is -0.410 e. The number of hydrogen-bond donors (Lipinski definition) is 1. The zero-order valence-corrected chi connectivity index (χ0v) is 10.9. The molecular weight excluding hydrogens is 226 g/mol. The third kappa shape index (κ3) is 4.06. The van der Waals surface area contributed by atoms with E-state index in [0.717, 1.165) is 12.1 Å². The van der Waals surface area contributed by atoms with Crippen molar-refractivity contribution in [3.63, 3.8) is 0 Å². The molecule has 0 saturated heterocycles. The van der Waals surface area contributed by atoms with Gasteiger partial charge in [0.05, 0.1) is 0 Å². The third-order valence-electron chi connectivity index (χ3n) is 3.46. The topological polar surface area (TPSA) is 38.3 Å². The van der Waals surface area contributed by atoms with Crippen LogP contribution in [0.4, 0.5) is 4.79 Å². The van der Waals surface area contributed by atoms with E-state index in [-0.39, 0.29) is 6.09 Å². The molecule has 0 aromatic heterocycles. The van der Waals surface area contributed by atoms with Gasteiger partial charge in [0.15, 0.2) is 0 Å². The summed E-state index contributed by atoms with van der Waals surface area (Å²) in [5.41, 5.74) is 1.09. The molecule has 0 radical (unpaired) electrons. The summed E-state index contributed by atoms with van der Waals surface area (Å²) in [5.74, 6) is 1.24. The van der Waals surface area contributed by atoms with Crippen LogP contribution in [0.2, 0.25) is 0 Å². The zero-order chi connectivity index (χ0) is 12.8. The van der Waals surface area contributed by atoms with E-state index in [2.05, 4.69) is 5.32 Å². The molecule has 2 rings (SSSR count). The lowest BCUT2D eigenvalue weighted by Crippen LogP contribution is -2.32. The molecule has 0 spiro atoms. The van der Waals surface area contributed by atoms with Crippen LogP contribution >= 0.6 is 0 Å². The van der Waals surface area contributed by atoms with Crippen LogP contribution in [0.15, 0.2) is 24.3 Å². The number of amides is 1. The fourth-order valence-electron chi connectivity index (χ4n) is 2.44. The lowest BCUT2D eigenvalue weighted by atomic mass is 9.89. The van der Waals surface area contributed by atoms with Crippen LogP contribution in [0.1, 0.15) is 37.7 Å². The normalized spacial score (nSPS) is 16.3. The van der Waals surface area contributed by atoms with Gasteiger partial charge in [0.2, 0.25) is 0 Å². The lowest BCUT2D eigenvalue weighted by molar-refractivity contribution is 0.196. The Labute approximate surface area is 109 Å². The predicted molar refractivity (Wildman–Crippen MR) is 71.8 cm³/mol. The van der Waals surface area contributed by atoms with Crippen molar-refractivity contribution >= 4 is 6.09 Å². The second-order valence-corrected chi connectivity index (χ2v) is 5.09. The molecule has 98 valence electrons. The van der Waals surface area contributed by atoms with Crippen LogP contribution in [0.3, 0.4) is 0 Å². The van der Waals surface area contributed by atoms with E-state index in [0.29, 0.717) is 11.7 Å². The number of aryl methyl sites for hydroxylation is 1. The van der Waals surface area contributed by atoms with Gasteiger partial charge in [-0.05, 0) is 43.4 Å². The molecule has 0 bridgehead atoms. The van der Waals surface area contributed by atoms with Gasteiger partial charge in [-0.1, -0.05) is 31.4 Å². The van der Waals surface area contributed by atoms with Crippen molar-refractivity contribution in [1.82, 2.24) is 5.32 Å². The van der Waals surface area contributed by atoms with Crippen molar-refractivity contribution in [2.45, 2.75) is 39.0 Å². The summed E-state index contributed by atoms with van der Waals surface area (Å²) in [6.45, 7) is 2.72. The van der Waals surface area contributed by atoms with Gasteiger partial charge < -0.3 is 10.1 Å². The highest BCUT2D eigenvalue weighted by Crippen LogP contribution is 2.22.